The van der Waals surface area contributed by atoms with Crippen LogP contribution in [-0.2, 0) is 4.79 Å². The van der Waals surface area contributed by atoms with Crippen LogP contribution in [0.2, 0.25) is 10.3 Å². The third-order valence-electron chi connectivity index (χ3n) is 2.31. The van der Waals surface area contributed by atoms with Crippen LogP contribution in [-0.4, -0.2) is 35.5 Å². The fraction of sp³-hybridized carbons (Fsp3) is 0.444. The minimum atomic E-state index is 0.0405. The number of aromatic nitrogens is 2. The number of nitrogens with zero attached hydrogens (tertiary/aromatic N) is 3. The molecule has 0 spiro atoms. The molecule has 2 heterocycles. The maximum Gasteiger partial charge on any atom is 0.224 e. The summed E-state index contributed by atoms with van der Waals surface area (Å²) in [6.07, 6.45) is 1.89. The first-order valence-electron chi connectivity index (χ1n) is 4.86. The van der Waals surface area contributed by atoms with Gasteiger partial charge in [-0.1, -0.05) is 11.6 Å². The van der Waals surface area contributed by atoms with Gasteiger partial charge in [-0.3, -0.25) is 4.79 Å². The van der Waals surface area contributed by atoms with Crippen LogP contribution in [0.5, 0.6) is 0 Å². The highest BCUT2D eigenvalue weighted by Gasteiger charge is 2.17. The number of carbonyl (C=O) groups is 1. The molecule has 1 aromatic rings. The first-order chi connectivity index (χ1) is 7.66. The van der Waals surface area contributed by atoms with Crippen LogP contribution >= 0.6 is 23.2 Å². The number of hydrogen-bond acceptors (Lipinski definition) is 4. The van der Waals surface area contributed by atoms with Crippen molar-refractivity contribution >= 4 is 34.9 Å². The van der Waals surface area contributed by atoms with Crippen molar-refractivity contribution in [2.24, 2.45) is 0 Å². The molecule has 0 aromatic carbocycles. The highest BCUT2D eigenvalue weighted by Crippen LogP contribution is 2.24. The minimum Gasteiger partial charge on any atom is -0.354 e. The number of rotatable bonds is 1. The summed E-state index contributed by atoms with van der Waals surface area (Å²) < 4.78 is 0. The molecule has 1 aromatic heterocycles. The smallest absolute Gasteiger partial charge is 0.224 e. The number of hydrogen-bond donors (Lipinski definition) is 1. The maximum absolute atomic E-state index is 11.2. The van der Waals surface area contributed by atoms with Gasteiger partial charge in [0.15, 0.2) is 5.82 Å². The lowest BCUT2D eigenvalue weighted by Gasteiger charge is -2.21. The average molecular weight is 261 g/mol. The average Bonchev–Trinajstić information content (AvgIpc) is 2.47. The summed E-state index contributed by atoms with van der Waals surface area (Å²) in [5.41, 5.74) is 0. The molecule has 0 atom stereocenters. The SMILES string of the molecule is O=C1CCN(c2nc(Cl)ncc2Cl)CCN1. The largest absolute Gasteiger partial charge is 0.354 e. The van der Waals surface area contributed by atoms with E-state index in [1.165, 1.54) is 6.20 Å². The molecule has 16 heavy (non-hydrogen) atoms. The van der Waals surface area contributed by atoms with Gasteiger partial charge in [0, 0.05) is 26.1 Å². The minimum absolute atomic E-state index is 0.0405. The van der Waals surface area contributed by atoms with Crippen molar-refractivity contribution in [1.29, 1.82) is 0 Å². The monoisotopic (exact) mass is 260 g/mol. The molecule has 5 nitrogen and oxygen atoms in total. The fourth-order valence-electron chi connectivity index (χ4n) is 1.54. The molecule has 1 fully saturated rings. The van der Waals surface area contributed by atoms with Crippen LogP contribution in [0.4, 0.5) is 5.82 Å². The Balaban J connectivity index is 2.22. The van der Waals surface area contributed by atoms with E-state index in [1.807, 2.05) is 4.90 Å². The zero-order valence-electron chi connectivity index (χ0n) is 8.41. The van der Waals surface area contributed by atoms with E-state index in [1.54, 1.807) is 0 Å². The number of anilines is 1. The Hall–Kier alpha value is -1.07. The van der Waals surface area contributed by atoms with Gasteiger partial charge in [-0.2, -0.15) is 4.98 Å². The fourth-order valence-corrected chi connectivity index (χ4v) is 1.88. The summed E-state index contributed by atoms with van der Waals surface area (Å²) in [7, 11) is 0. The van der Waals surface area contributed by atoms with Crippen molar-refractivity contribution in [3.8, 4) is 0 Å². The molecule has 1 aliphatic heterocycles. The normalized spacial score (nSPS) is 16.9. The van der Waals surface area contributed by atoms with Crippen molar-refractivity contribution in [2.45, 2.75) is 6.42 Å². The van der Waals surface area contributed by atoms with Gasteiger partial charge in [0.05, 0.1) is 6.20 Å². The van der Waals surface area contributed by atoms with Gasteiger partial charge in [0.1, 0.15) is 5.02 Å². The Morgan fingerprint density at radius 2 is 2.19 bits per heavy atom. The van der Waals surface area contributed by atoms with E-state index in [9.17, 15) is 4.79 Å². The molecule has 0 saturated carbocycles. The van der Waals surface area contributed by atoms with Crippen molar-refractivity contribution in [3.63, 3.8) is 0 Å². The third kappa shape index (κ3) is 2.54. The van der Waals surface area contributed by atoms with E-state index >= 15 is 0 Å². The van der Waals surface area contributed by atoms with Gasteiger partial charge in [0.25, 0.3) is 0 Å². The molecule has 1 amide bonds. The zero-order valence-corrected chi connectivity index (χ0v) is 9.92. The number of amides is 1. The van der Waals surface area contributed by atoms with Crippen molar-refractivity contribution in [3.05, 3.63) is 16.5 Å². The number of carbonyl (C=O) groups excluding carboxylic acids is 1. The summed E-state index contributed by atoms with van der Waals surface area (Å²) in [6.45, 7) is 1.83. The second-order valence-corrected chi connectivity index (χ2v) is 4.14. The van der Waals surface area contributed by atoms with E-state index < -0.39 is 0 Å². The molecule has 0 bridgehead atoms. The lowest BCUT2D eigenvalue weighted by molar-refractivity contribution is -0.120. The lowest BCUT2D eigenvalue weighted by Crippen LogP contribution is -2.29. The first kappa shape index (κ1) is 11.4. The Morgan fingerprint density at radius 3 is 3.00 bits per heavy atom. The highest BCUT2D eigenvalue weighted by molar-refractivity contribution is 6.33. The van der Waals surface area contributed by atoms with Crippen molar-refractivity contribution < 1.29 is 4.79 Å². The summed E-state index contributed by atoms with van der Waals surface area (Å²) in [5.74, 6) is 0.622. The molecule has 7 heteroatoms. The third-order valence-corrected chi connectivity index (χ3v) is 2.76. The Labute approximate surface area is 103 Å². The summed E-state index contributed by atoms with van der Waals surface area (Å²) in [5, 5.41) is 3.38. The van der Waals surface area contributed by atoms with Gasteiger partial charge in [-0.25, -0.2) is 4.98 Å². The number of halogens is 2. The summed E-state index contributed by atoms with van der Waals surface area (Å²) >= 11 is 11.7. The summed E-state index contributed by atoms with van der Waals surface area (Å²) in [4.78, 5) is 21.0. The van der Waals surface area contributed by atoms with Crippen molar-refractivity contribution in [1.82, 2.24) is 15.3 Å². The quantitative estimate of drug-likeness (QED) is 0.769. The molecule has 2 rings (SSSR count). The Morgan fingerprint density at radius 1 is 1.38 bits per heavy atom. The molecule has 0 radical (unpaired) electrons. The van der Waals surface area contributed by atoms with Crippen LogP contribution < -0.4 is 10.2 Å². The first-order valence-corrected chi connectivity index (χ1v) is 5.62. The molecule has 0 unspecified atom stereocenters. The second-order valence-electron chi connectivity index (χ2n) is 3.40. The zero-order chi connectivity index (χ0) is 11.5. The van der Waals surface area contributed by atoms with Gasteiger partial charge in [-0.15, -0.1) is 0 Å². The van der Waals surface area contributed by atoms with Crippen LogP contribution in [0.25, 0.3) is 0 Å². The number of nitrogens with one attached hydrogen (secondary N) is 1. The van der Waals surface area contributed by atoms with Gasteiger partial charge >= 0.3 is 0 Å². The predicted molar refractivity (Wildman–Crippen MR) is 61.9 cm³/mol. The van der Waals surface area contributed by atoms with Crippen molar-refractivity contribution in [2.75, 3.05) is 24.5 Å². The Bertz CT molecular complexity index is 412. The highest BCUT2D eigenvalue weighted by atomic mass is 35.5. The van der Waals surface area contributed by atoms with E-state index in [0.717, 1.165) is 0 Å². The lowest BCUT2D eigenvalue weighted by atomic mass is 10.3. The van der Waals surface area contributed by atoms with Crippen LogP contribution in [0, 0.1) is 0 Å². The second kappa shape index (κ2) is 4.84. The molecule has 1 saturated heterocycles. The van der Waals surface area contributed by atoms with E-state index in [-0.39, 0.29) is 11.2 Å². The van der Waals surface area contributed by atoms with E-state index in [2.05, 4.69) is 15.3 Å². The van der Waals surface area contributed by atoms with Gasteiger partial charge in [-0.05, 0) is 11.6 Å². The standard InChI is InChI=1S/C9H10Cl2N4O/c10-6-5-13-9(11)14-8(6)15-3-1-7(16)12-2-4-15/h5H,1-4H2,(H,12,16). The maximum atomic E-state index is 11.2. The van der Waals surface area contributed by atoms with Crippen LogP contribution in [0.1, 0.15) is 6.42 Å². The van der Waals surface area contributed by atoms with Gasteiger partial charge < -0.3 is 10.2 Å². The van der Waals surface area contributed by atoms with Gasteiger partial charge in [0.2, 0.25) is 11.2 Å². The van der Waals surface area contributed by atoms with Crippen LogP contribution in [0.15, 0.2) is 6.20 Å². The predicted octanol–water partition coefficient (Wildman–Crippen LogP) is 1.11. The topological polar surface area (TPSA) is 58.1 Å². The Kier molecular flexibility index (Phi) is 3.46. The molecule has 1 aliphatic rings. The molecular formula is C9H10Cl2N4O. The molecule has 0 aliphatic carbocycles. The van der Waals surface area contributed by atoms with Crippen LogP contribution in [0.3, 0.4) is 0 Å². The summed E-state index contributed by atoms with van der Waals surface area (Å²) in [6, 6.07) is 0. The molecule has 86 valence electrons. The van der Waals surface area contributed by atoms with E-state index in [0.29, 0.717) is 36.9 Å². The molecular weight excluding hydrogens is 251 g/mol. The molecule has 1 N–H and O–H groups in total. The van der Waals surface area contributed by atoms with E-state index in [4.69, 9.17) is 23.2 Å².